The molecule has 2 aromatic carbocycles. The van der Waals surface area contributed by atoms with Gasteiger partial charge in [0.15, 0.2) is 0 Å². The molecule has 0 aliphatic heterocycles. The van der Waals surface area contributed by atoms with Crippen molar-refractivity contribution in [1.82, 2.24) is 0 Å². The van der Waals surface area contributed by atoms with Crippen LogP contribution in [0.3, 0.4) is 0 Å². The van der Waals surface area contributed by atoms with E-state index >= 15 is 0 Å². The second kappa shape index (κ2) is 4.04. The quantitative estimate of drug-likeness (QED) is 0.855. The maximum Gasteiger partial charge on any atom is 0.122 e. The van der Waals surface area contributed by atoms with E-state index in [2.05, 4.69) is 36.4 Å². The van der Waals surface area contributed by atoms with Gasteiger partial charge >= 0.3 is 0 Å². The maximum atomic E-state index is 5.90. The number of rotatable bonds is 2. The first-order chi connectivity index (χ1) is 8.29. The first-order valence-corrected chi connectivity index (χ1v) is 6.11. The van der Waals surface area contributed by atoms with Crippen molar-refractivity contribution in [2.45, 2.75) is 24.8 Å². The highest BCUT2D eigenvalue weighted by Gasteiger charge is 2.30. The van der Waals surface area contributed by atoms with Crippen molar-refractivity contribution in [2.75, 3.05) is 7.11 Å². The topological polar surface area (TPSA) is 35.2 Å². The van der Waals surface area contributed by atoms with Crippen LogP contribution in [0.1, 0.15) is 24.3 Å². The van der Waals surface area contributed by atoms with E-state index in [1.165, 1.54) is 16.3 Å². The third-order valence-electron chi connectivity index (χ3n) is 3.73. The van der Waals surface area contributed by atoms with Crippen LogP contribution in [-0.2, 0) is 0 Å². The molecule has 1 aliphatic carbocycles. The maximum absolute atomic E-state index is 5.90. The van der Waals surface area contributed by atoms with Gasteiger partial charge in [-0.3, -0.25) is 0 Å². The Morgan fingerprint density at radius 1 is 1.12 bits per heavy atom. The predicted octanol–water partition coefficient (Wildman–Crippen LogP) is 3.05. The van der Waals surface area contributed by atoms with E-state index in [0.717, 1.165) is 18.6 Å². The van der Waals surface area contributed by atoms with Crippen LogP contribution in [0.15, 0.2) is 36.4 Å². The smallest absolute Gasteiger partial charge is 0.122 e. The van der Waals surface area contributed by atoms with E-state index in [1.807, 2.05) is 0 Å². The Labute approximate surface area is 101 Å². The van der Waals surface area contributed by atoms with Crippen LogP contribution < -0.4 is 10.5 Å². The normalized spacial score (nSPS) is 23.4. The van der Waals surface area contributed by atoms with Crippen LogP contribution in [0.4, 0.5) is 0 Å². The van der Waals surface area contributed by atoms with Gasteiger partial charge < -0.3 is 10.5 Å². The molecule has 0 atom stereocenters. The first kappa shape index (κ1) is 10.6. The largest absolute Gasteiger partial charge is 0.496 e. The average Bonchev–Trinajstić information content (AvgIpc) is 2.34. The van der Waals surface area contributed by atoms with E-state index in [0.29, 0.717) is 12.0 Å². The lowest BCUT2D eigenvalue weighted by atomic mass is 9.74. The summed E-state index contributed by atoms with van der Waals surface area (Å²) in [7, 11) is 1.74. The minimum atomic E-state index is 0.365. The molecule has 88 valence electrons. The Bertz CT molecular complexity index is 544. The van der Waals surface area contributed by atoms with Crippen LogP contribution in [0, 0.1) is 0 Å². The SMILES string of the molecule is COc1ccc2ccccc2c1C1CC(N)C1. The lowest BCUT2D eigenvalue weighted by molar-refractivity contribution is 0.336. The van der Waals surface area contributed by atoms with Crippen LogP contribution in [-0.4, -0.2) is 13.2 Å². The number of ether oxygens (including phenoxy) is 1. The average molecular weight is 227 g/mol. The van der Waals surface area contributed by atoms with Gasteiger partial charge in [0, 0.05) is 11.6 Å². The van der Waals surface area contributed by atoms with Gasteiger partial charge in [0.1, 0.15) is 5.75 Å². The number of nitrogens with two attached hydrogens (primary N) is 1. The Morgan fingerprint density at radius 3 is 2.59 bits per heavy atom. The second-order valence-corrected chi connectivity index (χ2v) is 4.83. The van der Waals surface area contributed by atoms with Crippen molar-refractivity contribution < 1.29 is 4.74 Å². The molecule has 1 aliphatic rings. The zero-order valence-corrected chi connectivity index (χ0v) is 10.0. The molecule has 0 bridgehead atoms. The fourth-order valence-electron chi connectivity index (χ4n) is 2.77. The number of hydrogen-bond donors (Lipinski definition) is 1. The molecule has 0 aromatic heterocycles. The van der Waals surface area contributed by atoms with Crippen LogP contribution in [0.25, 0.3) is 10.8 Å². The number of hydrogen-bond acceptors (Lipinski definition) is 2. The van der Waals surface area contributed by atoms with Crippen molar-refractivity contribution >= 4 is 10.8 Å². The van der Waals surface area contributed by atoms with E-state index in [-0.39, 0.29) is 0 Å². The molecule has 0 heterocycles. The molecule has 0 unspecified atom stereocenters. The highest BCUT2D eigenvalue weighted by molar-refractivity contribution is 5.88. The van der Waals surface area contributed by atoms with Crippen molar-refractivity contribution in [3.63, 3.8) is 0 Å². The molecule has 2 nitrogen and oxygen atoms in total. The highest BCUT2D eigenvalue weighted by Crippen LogP contribution is 2.43. The second-order valence-electron chi connectivity index (χ2n) is 4.83. The Balaban J connectivity index is 2.17. The monoisotopic (exact) mass is 227 g/mol. The Kier molecular flexibility index (Phi) is 2.52. The van der Waals surface area contributed by atoms with Crippen molar-refractivity contribution in [3.8, 4) is 5.75 Å². The van der Waals surface area contributed by atoms with Crippen LogP contribution >= 0.6 is 0 Å². The van der Waals surface area contributed by atoms with E-state index < -0.39 is 0 Å². The molecule has 0 amide bonds. The van der Waals surface area contributed by atoms with Gasteiger partial charge in [0.25, 0.3) is 0 Å². The fraction of sp³-hybridized carbons (Fsp3) is 0.333. The fourth-order valence-corrected chi connectivity index (χ4v) is 2.77. The molecule has 0 radical (unpaired) electrons. The van der Waals surface area contributed by atoms with Crippen LogP contribution in [0.2, 0.25) is 0 Å². The number of methoxy groups -OCH3 is 1. The Morgan fingerprint density at radius 2 is 1.88 bits per heavy atom. The third-order valence-corrected chi connectivity index (χ3v) is 3.73. The summed E-state index contributed by atoms with van der Waals surface area (Å²) in [6, 6.07) is 13.0. The predicted molar refractivity (Wildman–Crippen MR) is 70.5 cm³/mol. The van der Waals surface area contributed by atoms with Gasteiger partial charge in [-0.25, -0.2) is 0 Å². The molecule has 17 heavy (non-hydrogen) atoms. The third kappa shape index (κ3) is 1.69. The minimum absolute atomic E-state index is 0.365. The molecule has 2 N–H and O–H groups in total. The summed E-state index contributed by atoms with van der Waals surface area (Å²) < 4.78 is 5.50. The first-order valence-electron chi connectivity index (χ1n) is 6.11. The summed E-state index contributed by atoms with van der Waals surface area (Å²) in [5.41, 5.74) is 7.24. The summed E-state index contributed by atoms with van der Waals surface area (Å²) in [4.78, 5) is 0. The Hall–Kier alpha value is -1.54. The molecule has 3 rings (SSSR count). The zero-order valence-electron chi connectivity index (χ0n) is 10.0. The highest BCUT2D eigenvalue weighted by atomic mass is 16.5. The molecule has 0 spiro atoms. The molecular formula is C15H17NO. The summed E-state index contributed by atoms with van der Waals surface area (Å²) >= 11 is 0. The van der Waals surface area contributed by atoms with Gasteiger partial charge in [-0.05, 0) is 35.6 Å². The van der Waals surface area contributed by atoms with Gasteiger partial charge in [-0.2, -0.15) is 0 Å². The van der Waals surface area contributed by atoms with E-state index in [9.17, 15) is 0 Å². The molecular weight excluding hydrogens is 210 g/mol. The lowest BCUT2D eigenvalue weighted by Gasteiger charge is -2.34. The summed E-state index contributed by atoms with van der Waals surface area (Å²) in [5.74, 6) is 1.56. The van der Waals surface area contributed by atoms with Crippen molar-refractivity contribution in [2.24, 2.45) is 5.73 Å². The molecule has 2 aromatic rings. The van der Waals surface area contributed by atoms with E-state index in [4.69, 9.17) is 10.5 Å². The molecule has 0 saturated heterocycles. The van der Waals surface area contributed by atoms with E-state index in [1.54, 1.807) is 7.11 Å². The standard InChI is InChI=1S/C15H17NO/c1-17-14-7-6-10-4-2-3-5-13(10)15(14)11-8-12(16)9-11/h2-7,11-12H,8-9,16H2,1H3. The minimum Gasteiger partial charge on any atom is -0.496 e. The van der Waals surface area contributed by atoms with Crippen LogP contribution in [0.5, 0.6) is 5.75 Å². The van der Waals surface area contributed by atoms with Gasteiger partial charge in [0.2, 0.25) is 0 Å². The molecule has 2 heteroatoms. The number of benzene rings is 2. The molecule has 1 saturated carbocycles. The molecule has 1 fully saturated rings. The summed E-state index contributed by atoms with van der Waals surface area (Å²) in [5, 5.41) is 2.59. The summed E-state index contributed by atoms with van der Waals surface area (Å²) in [6.45, 7) is 0. The summed E-state index contributed by atoms with van der Waals surface area (Å²) in [6.07, 6.45) is 2.15. The van der Waals surface area contributed by atoms with Gasteiger partial charge in [0.05, 0.1) is 7.11 Å². The zero-order chi connectivity index (χ0) is 11.8. The lowest BCUT2D eigenvalue weighted by Crippen LogP contribution is -2.35. The van der Waals surface area contributed by atoms with Crippen molar-refractivity contribution in [3.05, 3.63) is 42.0 Å². The number of fused-ring (bicyclic) bond motifs is 1. The van der Waals surface area contributed by atoms with Crippen molar-refractivity contribution in [1.29, 1.82) is 0 Å². The van der Waals surface area contributed by atoms with Gasteiger partial charge in [-0.15, -0.1) is 0 Å². The van der Waals surface area contributed by atoms with Gasteiger partial charge in [-0.1, -0.05) is 30.3 Å².